The number of nitrogens with one attached hydrogen (secondary N) is 1. The van der Waals surface area contributed by atoms with Gasteiger partial charge in [-0.05, 0) is 25.3 Å². The first kappa shape index (κ1) is 16.3. The molecule has 4 nitrogen and oxygen atoms in total. The van der Waals surface area contributed by atoms with Crippen molar-refractivity contribution in [1.82, 2.24) is 10.3 Å². The molecule has 1 heterocycles. The highest BCUT2D eigenvalue weighted by Gasteiger charge is 2.38. The Morgan fingerprint density at radius 2 is 1.88 bits per heavy atom. The number of anilines is 1. The number of amides is 1. The van der Waals surface area contributed by atoms with Gasteiger partial charge in [-0.25, -0.2) is 4.98 Å². The fourth-order valence-corrected chi connectivity index (χ4v) is 2.59. The molecule has 126 valence electrons. The Morgan fingerprint density at radius 1 is 1.21 bits per heavy atom. The number of alkyl halides is 3. The maximum absolute atomic E-state index is 13.5. The molecule has 0 spiro atoms. The number of pyridine rings is 1. The van der Waals surface area contributed by atoms with Crippen LogP contribution in [0, 0.1) is 0 Å². The first-order chi connectivity index (χ1) is 11.4. The number of nitrogens with zero attached hydrogens (tertiary/aromatic N) is 1. The van der Waals surface area contributed by atoms with Crippen molar-refractivity contribution >= 4 is 11.7 Å². The number of hydrogen-bond acceptors (Lipinski definition) is 3. The minimum atomic E-state index is -4.70. The van der Waals surface area contributed by atoms with E-state index in [9.17, 15) is 18.0 Å². The fraction of sp³-hybridized carbons (Fsp3) is 0.294. The van der Waals surface area contributed by atoms with Crippen LogP contribution in [0.2, 0.25) is 0 Å². The molecule has 0 atom stereocenters. The van der Waals surface area contributed by atoms with Gasteiger partial charge in [0.2, 0.25) is 0 Å². The number of nitrogens with two attached hydrogens (primary N) is 1. The van der Waals surface area contributed by atoms with Gasteiger partial charge in [-0.2, -0.15) is 13.2 Å². The molecule has 0 saturated heterocycles. The van der Waals surface area contributed by atoms with E-state index in [1.807, 2.05) is 0 Å². The molecule has 0 aliphatic heterocycles. The van der Waals surface area contributed by atoms with Crippen LogP contribution in [-0.2, 0) is 6.18 Å². The Hall–Kier alpha value is -2.57. The van der Waals surface area contributed by atoms with Gasteiger partial charge in [-0.3, -0.25) is 4.79 Å². The average molecular weight is 335 g/mol. The summed E-state index contributed by atoms with van der Waals surface area (Å²) < 4.78 is 40.4. The molecule has 0 unspecified atom stereocenters. The van der Waals surface area contributed by atoms with Gasteiger partial charge < -0.3 is 11.1 Å². The number of carbonyl (C=O) groups excluding carboxylic acids is 1. The monoisotopic (exact) mass is 335 g/mol. The molecule has 1 aromatic heterocycles. The zero-order chi connectivity index (χ0) is 17.3. The van der Waals surface area contributed by atoms with Crippen LogP contribution in [0.25, 0.3) is 11.3 Å². The minimum absolute atomic E-state index is 0.0839. The van der Waals surface area contributed by atoms with Crippen LogP contribution in [0.3, 0.4) is 0 Å². The summed E-state index contributed by atoms with van der Waals surface area (Å²) in [5.41, 5.74) is 4.64. The Morgan fingerprint density at radius 3 is 2.42 bits per heavy atom. The summed E-state index contributed by atoms with van der Waals surface area (Å²) in [5.74, 6) is -1.24. The molecule has 2 aromatic rings. The van der Waals surface area contributed by atoms with Gasteiger partial charge in [0.05, 0.1) is 16.8 Å². The van der Waals surface area contributed by atoms with E-state index in [4.69, 9.17) is 5.73 Å². The highest BCUT2D eigenvalue weighted by atomic mass is 19.4. The quantitative estimate of drug-likeness (QED) is 0.900. The van der Waals surface area contributed by atoms with Gasteiger partial charge >= 0.3 is 6.18 Å². The molecule has 1 saturated carbocycles. The summed E-state index contributed by atoms with van der Waals surface area (Å²) in [6, 6.07) is 9.19. The van der Waals surface area contributed by atoms with Crippen LogP contribution >= 0.6 is 0 Å². The number of hydrogen-bond donors (Lipinski definition) is 2. The number of rotatable bonds is 3. The lowest BCUT2D eigenvalue weighted by molar-refractivity contribution is -0.137. The van der Waals surface area contributed by atoms with Gasteiger partial charge in [0.15, 0.2) is 0 Å². The van der Waals surface area contributed by atoms with E-state index < -0.39 is 29.0 Å². The summed E-state index contributed by atoms with van der Waals surface area (Å²) in [6.07, 6.45) is -2.21. The molecule has 0 radical (unpaired) electrons. The second kappa shape index (κ2) is 6.14. The first-order valence-corrected chi connectivity index (χ1v) is 7.60. The molecule has 3 rings (SSSR count). The number of nitrogen functional groups attached to an aromatic ring is 1. The highest BCUT2D eigenvalue weighted by Crippen LogP contribution is 2.36. The zero-order valence-electron chi connectivity index (χ0n) is 12.7. The summed E-state index contributed by atoms with van der Waals surface area (Å²) in [4.78, 5) is 16.3. The molecular formula is C17H16F3N3O. The average Bonchev–Trinajstić information content (AvgIpc) is 2.50. The molecule has 1 amide bonds. The van der Waals surface area contributed by atoms with E-state index >= 15 is 0 Å². The summed E-state index contributed by atoms with van der Waals surface area (Å²) in [7, 11) is 0. The van der Waals surface area contributed by atoms with Crippen molar-refractivity contribution in [3.8, 4) is 11.3 Å². The largest absolute Gasteiger partial charge is 0.417 e. The predicted octanol–water partition coefficient (Wildman–Crippen LogP) is 3.63. The van der Waals surface area contributed by atoms with E-state index in [2.05, 4.69) is 10.3 Å². The Bertz CT molecular complexity index is 756. The van der Waals surface area contributed by atoms with Crippen molar-refractivity contribution in [2.75, 3.05) is 5.73 Å². The number of aromatic nitrogens is 1. The second-order valence-corrected chi connectivity index (χ2v) is 5.78. The van der Waals surface area contributed by atoms with Crippen molar-refractivity contribution < 1.29 is 18.0 Å². The number of carbonyl (C=O) groups is 1. The van der Waals surface area contributed by atoms with E-state index in [1.165, 1.54) is 0 Å². The van der Waals surface area contributed by atoms with Crippen molar-refractivity contribution in [2.45, 2.75) is 31.5 Å². The van der Waals surface area contributed by atoms with Crippen LogP contribution in [0.4, 0.5) is 19.0 Å². The fourth-order valence-electron chi connectivity index (χ4n) is 2.59. The van der Waals surface area contributed by atoms with Gasteiger partial charge in [-0.15, -0.1) is 0 Å². The molecule has 3 N–H and O–H groups in total. The van der Waals surface area contributed by atoms with E-state index in [0.29, 0.717) is 5.56 Å². The first-order valence-electron chi connectivity index (χ1n) is 7.60. The van der Waals surface area contributed by atoms with Gasteiger partial charge in [0.1, 0.15) is 5.82 Å². The second-order valence-electron chi connectivity index (χ2n) is 5.78. The summed E-state index contributed by atoms with van der Waals surface area (Å²) in [6.45, 7) is 0. The molecular weight excluding hydrogens is 319 g/mol. The lowest BCUT2D eigenvalue weighted by Crippen LogP contribution is -2.40. The third kappa shape index (κ3) is 3.20. The Balaban J connectivity index is 2.06. The Kier molecular flexibility index (Phi) is 4.17. The normalized spacial score (nSPS) is 15.0. The standard InChI is InChI=1S/C17H16F3N3O/c18-17(19,20)12-9-13(10-5-2-1-3-6-10)23-15(21)14(12)16(24)22-11-7-4-8-11/h1-3,5-6,9,11H,4,7-8H2,(H2,21,23)(H,22,24). The third-order valence-electron chi connectivity index (χ3n) is 4.09. The zero-order valence-corrected chi connectivity index (χ0v) is 12.7. The topological polar surface area (TPSA) is 68.0 Å². The van der Waals surface area contributed by atoms with Crippen LogP contribution in [0.15, 0.2) is 36.4 Å². The van der Waals surface area contributed by atoms with Crippen molar-refractivity contribution in [3.63, 3.8) is 0 Å². The van der Waals surface area contributed by atoms with Crippen molar-refractivity contribution in [2.24, 2.45) is 0 Å². The molecule has 1 aromatic carbocycles. The maximum Gasteiger partial charge on any atom is 0.417 e. The van der Waals surface area contributed by atoms with Crippen LogP contribution in [-0.4, -0.2) is 16.9 Å². The van der Waals surface area contributed by atoms with Crippen LogP contribution in [0.5, 0.6) is 0 Å². The van der Waals surface area contributed by atoms with E-state index in [1.54, 1.807) is 30.3 Å². The lowest BCUT2D eigenvalue weighted by atomic mass is 9.92. The van der Waals surface area contributed by atoms with E-state index in [-0.39, 0.29) is 11.7 Å². The van der Waals surface area contributed by atoms with Crippen LogP contribution < -0.4 is 11.1 Å². The Labute approximate surface area is 136 Å². The van der Waals surface area contributed by atoms with Gasteiger partial charge in [0.25, 0.3) is 5.91 Å². The molecule has 1 aliphatic rings. The molecule has 1 fully saturated rings. The van der Waals surface area contributed by atoms with Crippen molar-refractivity contribution in [1.29, 1.82) is 0 Å². The summed E-state index contributed by atoms with van der Waals surface area (Å²) >= 11 is 0. The van der Waals surface area contributed by atoms with Crippen molar-refractivity contribution in [3.05, 3.63) is 47.5 Å². The number of halogens is 3. The van der Waals surface area contributed by atoms with E-state index in [0.717, 1.165) is 25.3 Å². The smallest absolute Gasteiger partial charge is 0.383 e. The maximum atomic E-state index is 13.5. The summed E-state index contributed by atoms with van der Waals surface area (Å²) in [5, 5.41) is 2.59. The molecule has 24 heavy (non-hydrogen) atoms. The molecule has 1 aliphatic carbocycles. The highest BCUT2D eigenvalue weighted by molar-refractivity contribution is 6.00. The molecule has 7 heteroatoms. The third-order valence-corrected chi connectivity index (χ3v) is 4.09. The van der Waals surface area contributed by atoms with Gasteiger partial charge in [-0.1, -0.05) is 30.3 Å². The SMILES string of the molecule is Nc1nc(-c2ccccc2)cc(C(F)(F)F)c1C(=O)NC1CCC1. The van der Waals surface area contributed by atoms with Crippen LogP contribution in [0.1, 0.15) is 35.2 Å². The molecule has 0 bridgehead atoms. The predicted molar refractivity (Wildman–Crippen MR) is 84.2 cm³/mol. The van der Waals surface area contributed by atoms with Gasteiger partial charge in [0, 0.05) is 11.6 Å². The lowest BCUT2D eigenvalue weighted by Gasteiger charge is -2.27. The minimum Gasteiger partial charge on any atom is -0.383 e. The number of benzene rings is 1.